The van der Waals surface area contributed by atoms with Gasteiger partial charge in [0.1, 0.15) is 12.6 Å². The van der Waals surface area contributed by atoms with E-state index in [0.29, 0.717) is 12.8 Å². The van der Waals surface area contributed by atoms with Crippen molar-refractivity contribution in [3.8, 4) is 0 Å². The summed E-state index contributed by atoms with van der Waals surface area (Å²) in [4.78, 5) is 37.0. The molecule has 8 heteroatoms. The molecule has 0 aliphatic carbocycles. The van der Waals surface area contributed by atoms with E-state index in [-0.39, 0.29) is 42.7 Å². The normalized spacial score (nSPS) is 12.9. The Morgan fingerprint density at radius 2 is 0.820 bits per heavy atom. The number of carboxylic acids is 1. The second kappa shape index (κ2) is 44.7. The van der Waals surface area contributed by atoms with Crippen LogP contribution >= 0.6 is 0 Å². The summed E-state index contributed by atoms with van der Waals surface area (Å²) in [6, 6.07) is -0.723. The van der Waals surface area contributed by atoms with Crippen molar-refractivity contribution >= 4 is 17.9 Å². The maximum atomic E-state index is 12.8. The molecule has 0 aliphatic heterocycles. The van der Waals surface area contributed by atoms with Crippen LogP contribution < -0.4 is 5.11 Å². The number of carbonyl (C=O) groups excluding carboxylic acids is 3. The summed E-state index contributed by atoms with van der Waals surface area (Å²) in [5, 5.41) is 11.7. The fourth-order valence-electron chi connectivity index (χ4n) is 8.07. The van der Waals surface area contributed by atoms with Gasteiger partial charge in [-0.25, -0.2) is 0 Å². The van der Waals surface area contributed by atoms with Crippen LogP contribution in [0.25, 0.3) is 0 Å². The monoisotopic (exact) mass is 864 g/mol. The number of esters is 2. The third kappa shape index (κ3) is 43.1. The molecule has 0 N–H and O–H groups in total. The highest BCUT2D eigenvalue weighted by molar-refractivity contribution is 5.70. The first-order chi connectivity index (χ1) is 29.6. The number of carboxylic acid groups (broad SMARTS) is 1. The van der Waals surface area contributed by atoms with Gasteiger partial charge in [-0.2, -0.15) is 0 Å². The first-order valence-corrected chi connectivity index (χ1v) is 26.2. The third-order valence-corrected chi connectivity index (χ3v) is 12.2. The molecule has 0 saturated heterocycles. The molecule has 61 heavy (non-hydrogen) atoms. The molecule has 0 radical (unpaired) electrons. The molecule has 0 aromatic rings. The van der Waals surface area contributed by atoms with Crippen LogP contribution in [0.4, 0.5) is 0 Å². The molecular formula is C53H101NO7. The van der Waals surface area contributed by atoms with Gasteiger partial charge in [0.05, 0.1) is 40.3 Å². The van der Waals surface area contributed by atoms with E-state index < -0.39 is 18.1 Å². The van der Waals surface area contributed by atoms with E-state index in [2.05, 4.69) is 26.0 Å². The lowest BCUT2D eigenvalue weighted by atomic mass is 10.0. The van der Waals surface area contributed by atoms with Crippen molar-refractivity contribution in [3.05, 3.63) is 12.2 Å². The summed E-state index contributed by atoms with van der Waals surface area (Å²) < 4.78 is 17.3. The molecule has 0 aromatic heterocycles. The van der Waals surface area contributed by atoms with Crippen molar-refractivity contribution in [2.75, 3.05) is 41.0 Å². The molecule has 0 bridgehead atoms. The number of carbonyl (C=O) groups is 3. The van der Waals surface area contributed by atoms with E-state index in [4.69, 9.17) is 14.2 Å². The van der Waals surface area contributed by atoms with E-state index in [1.165, 1.54) is 186 Å². The van der Waals surface area contributed by atoms with E-state index >= 15 is 0 Å². The summed E-state index contributed by atoms with van der Waals surface area (Å²) in [6.45, 7) is 4.71. The number of quaternary nitrogens is 1. The lowest BCUT2D eigenvalue weighted by Gasteiger charge is -2.34. The number of hydrogen-bond acceptors (Lipinski definition) is 7. The Kier molecular flexibility index (Phi) is 43.3. The van der Waals surface area contributed by atoms with Crippen molar-refractivity contribution in [3.63, 3.8) is 0 Å². The number of rotatable bonds is 48. The summed E-state index contributed by atoms with van der Waals surface area (Å²) in [5.41, 5.74) is 0. The average Bonchev–Trinajstić information content (AvgIpc) is 3.22. The number of ether oxygens (including phenoxy) is 3. The molecule has 360 valence electrons. The molecule has 2 atom stereocenters. The smallest absolute Gasteiger partial charge is 0.306 e. The van der Waals surface area contributed by atoms with Gasteiger partial charge in [-0.05, 0) is 38.5 Å². The maximum absolute atomic E-state index is 12.8. The van der Waals surface area contributed by atoms with Crippen LogP contribution in [0, 0.1) is 0 Å². The number of allylic oxidation sites excluding steroid dienone is 2. The van der Waals surface area contributed by atoms with Crippen molar-refractivity contribution in [1.82, 2.24) is 0 Å². The Labute approximate surface area is 378 Å². The first kappa shape index (κ1) is 59.1. The second-order valence-corrected chi connectivity index (χ2v) is 19.1. The van der Waals surface area contributed by atoms with Gasteiger partial charge in [0, 0.05) is 19.3 Å². The number of nitrogens with zero attached hydrogens (tertiary/aromatic N) is 1. The lowest BCUT2D eigenvalue weighted by Crippen LogP contribution is -2.55. The Hall–Kier alpha value is -1.93. The average molecular weight is 864 g/mol. The zero-order chi connectivity index (χ0) is 44.9. The SMILES string of the molecule is CCCCCCCCCCCC/C=C/CCCCCCCCCC(=O)OC(COCCC(C(=O)[O-])[N+](C)(C)C)COC(=O)CCCCCCCCCCCCCCCCCC. The van der Waals surface area contributed by atoms with Gasteiger partial charge in [0.2, 0.25) is 0 Å². The molecule has 0 amide bonds. The van der Waals surface area contributed by atoms with Crippen LogP contribution in [0.2, 0.25) is 0 Å². The number of aliphatic carboxylic acids is 1. The van der Waals surface area contributed by atoms with Crippen LogP contribution in [0.5, 0.6) is 0 Å². The van der Waals surface area contributed by atoms with Crippen molar-refractivity contribution in [2.24, 2.45) is 0 Å². The minimum absolute atomic E-state index is 0.0451. The van der Waals surface area contributed by atoms with Crippen LogP contribution in [0.1, 0.15) is 258 Å². The van der Waals surface area contributed by atoms with Gasteiger partial charge in [0.25, 0.3) is 0 Å². The van der Waals surface area contributed by atoms with E-state index in [1.807, 2.05) is 21.1 Å². The van der Waals surface area contributed by atoms with E-state index in [1.54, 1.807) is 0 Å². The Morgan fingerprint density at radius 3 is 1.18 bits per heavy atom. The molecule has 0 rings (SSSR count). The molecule has 0 aromatic carbocycles. The first-order valence-electron chi connectivity index (χ1n) is 26.2. The Bertz CT molecular complexity index is 1010. The zero-order valence-corrected chi connectivity index (χ0v) is 41.1. The van der Waals surface area contributed by atoms with Gasteiger partial charge < -0.3 is 28.6 Å². The fraction of sp³-hybridized carbons (Fsp3) is 0.906. The minimum atomic E-state index is -1.12. The topological polar surface area (TPSA) is 102 Å². The highest BCUT2D eigenvalue weighted by Crippen LogP contribution is 2.16. The second-order valence-electron chi connectivity index (χ2n) is 19.1. The maximum Gasteiger partial charge on any atom is 0.306 e. The standard InChI is InChI=1S/C53H101NO7/c1-6-8-10-12-14-16-18-20-22-24-25-26-27-28-30-32-34-36-38-40-42-44-52(56)61-49(47-59-46-45-50(53(57)58)54(3,4)5)48-60-51(55)43-41-39-37-35-33-31-29-23-21-19-17-15-13-11-9-7-2/h26-27,49-50H,6-25,28-48H2,1-5H3/b27-26+. The van der Waals surface area contributed by atoms with E-state index in [9.17, 15) is 19.5 Å². The summed E-state index contributed by atoms with van der Waals surface area (Å²) in [7, 11) is 5.43. The van der Waals surface area contributed by atoms with Crippen molar-refractivity contribution < 1.29 is 38.2 Å². The van der Waals surface area contributed by atoms with Crippen LogP contribution in [-0.2, 0) is 28.6 Å². The summed E-state index contributed by atoms with van der Waals surface area (Å²) in [5.74, 6) is -1.72. The Balaban J connectivity index is 4.20. The quantitative estimate of drug-likeness (QED) is 0.0260. The van der Waals surface area contributed by atoms with Gasteiger partial charge >= 0.3 is 11.9 Å². The minimum Gasteiger partial charge on any atom is -0.544 e. The van der Waals surface area contributed by atoms with Crippen molar-refractivity contribution in [2.45, 2.75) is 270 Å². The largest absolute Gasteiger partial charge is 0.544 e. The molecule has 0 aliphatic rings. The molecule has 0 spiro atoms. The highest BCUT2D eigenvalue weighted by Gasteiger charge is 2.25. The Morgan fingerprint density at radius 1 is 0.475 bits per heavy atom. The molecule has 0 heterocycles. The molecule has 0 fully saturated rings. The van der Waals surface area contributed by atoms with Crippen molar-refractivity contribution in [1.29, 1.82) is 0 Å². The van der Waals surface area contributed by atoms with Gasteiger partial charge in [-0.15, -0.1) is 0 Å². The molecule has 0 saturated carbocycles. The highest BCUT2D eigenvalue weighted by atomic mass is 16.6. The summed E-state index contributed by atoms with van der Waals surface area (Å²) in [6.07, 6.45) is 49.5. The van der Waals surface area contributed by atoms with Crippen LogP contribution in [0.3, 0.4) is 0 Å². The van der Waals surface area contributed by atoms with E-state index in [0.717, 1.165) is 38.5 Å². The number of likely N-dealkylation sites (N-methyl/N-ethyl adjacent to an activating group) is 1. The van der Waals surface area contributed by atoms with Gasteiger partial charge in [-0.1, -0.05) is 212 Å². The molecule has 2 unspecified atom stereocenters. The number of hydrogen-bond donors (Lipinski definition) is 0. The van der Waals surface area contributed by atoms with Gasteiger partial charge in [-0.3, -0.25) is 9.59 Å². The zero-order valence-electron chi connectivity index (χ0n) is 41.1. The summed E-state index contributed by atoms with van der Waals surface area (Å²) >= 11 is 0. The lowest BCUT2D eigenvalue weighted by molar-refractivity contribution is -0.889. The predicted molar refractivity (Wildman–Crippen MR) is 254 cm³/mol. The molecular weight excluding hydrogens is 763 g/mol. The third-order valence-electron chi connectivity index (χ3n) is 12.2. The molecule has 8 nitrogen and oxygen atoms in total. The van der Waals surface area contributed by atoms with Crippen LogP contribution in [0.15, 0.2) is 12.2 Å². The predicted octanol–water partition coefficient (Wildman–Crippen LogP) is 13.7. The van der Waals surface area contributed by atoms with Crippen LogP contribution in [-0.4, -0.2) is 75.5 Å². The number of unbranched alkanes of at least 4 members (excludes halogenated alkanes) is 32. The fourth-order valence-corrected chi connectivity index (χ4v) is 8.07. The van der Waals surface area contributed by atoms with Gasteiger partial charge in [0.15, 0.2) is 6.10 Å².